The Balaban J connectivity index is 1.82. The van der Waals surface area contributed by atoms with Crippen LogP contribution in [0.5, 0.6) is 11.5 Å². The zero-order valence-electron chi connectivity index (χ0n) is 11.4. The van der Waals surface area contributed by atoms with Crippen molar-refractivity contribution in [2.24, 2.45) is 0 Å². The van der Waals surface area contributed by atoms with Crippen LogP contribution in [0.1, 0.15) is 24.0 Å². The second-order valence-corrected chi connectivity index (χ2v) is 5.05. The minimum atomic E-state index is 0.308. The first kappa shape index (κ1) is 12.8. The standard InChI is InChI=1S/C18H18O2/c19-17-9-10-18-16(13-17)8-4-7-15(11-12-20-18)14-5-2-1-3-6-14/h1-3,5-6,9-11,13,19H,4,7-8,12H2/b15-11+. The number of aryl methyl sites for hydroxylation is 1. The number of rotatable bonds is 1. The molecule has 3 rings (SSSR count). The van der Waals surface area contributed by atoms with Crippen molar-refractivity contribution in [3.8, 4) is 11.5 Å². The van der Waals surface area contributed by atoms with Crippen LogP contribution >= 0.6 is 0 Å². The van der Waals surface area contributed by atoms with E-state index in [-0.39, 0.29) is 0 Å². The van der Waals surface area contributed by atoms with Gasteiger partial charge in [-0.3, -0.25) is 0 Å². The van der Waals surface area contributed by atoms with Crippen LogP contribution in [0, 0.1) is 0 Å². The van der Waals surface area contributed by atoms with Gasteiger partial charge in [-0.2, -0.15) is 0 Å². The lowest BCUT2D eigenvalue weighted by Crippen LogP contribution is -1.96. The van der Waals surface area contributed by atoms with E-state index in [1.165, 1.54) is 11.1 Å². The third kappa shape index (κ3) is 2.85. The summed E-state index contributed by atoms with van der Waals surface area (Å²) in [5, 5.41) is 9.58. The summed E-state index contributed by atoms with van der Waals surface area (Å²) in [6.07, 6.45) is 5.17. The molecule has 0 unspecified atom stereocenters. The van der Waals surface area contributed by atoms with Crippen LogP contribution in [0.15, 0.2) is 54.6 Å². The molecule has 0 fully saturated rings. The summed E-state index contributed by atoms with van der Waals surface area (Å²) < 4.78 is 5.83. The summed E-state index contributed by atoms with van der Waals surface area (Å²) in [6, 6.07) is 15.8. The fourth-order valence-electron chi connectivity index (χ4n) is 2.62. The summed E-state index contributed by atoms with van der Waals surface area (Å²) in [5.74, 6) is 1.19. The molecule has 2 aromatic rings. The van der Waals surface area contributed by atoms with E-state index < -0.39 is 0 Å². The number of phenols is 1. The SMILES string of the molecule is Oc1ccc2c(c1)CCC/C(c1ccccc1)=C\CO2. The molecule has 0 aliphatic carbocycles. The van der Waals surface area contributed by atoms with Gasteiger partial charge in [0.05, 0.1) is 0 Å². The van der Waals surface area contributed by atoms with Crippen molar-refractivity contribution in [1.82, 2.24) is 0 Å². The number of ether oxygens (including phenoxy) is 1. The second kappa shape index (κ2) is 5.83. The number of fused-ring (bicyclic) bond motifs is 1. The molecule has 0 atom stereocenters. The molecule has 102 valence electrons. The maximum atomic E-state index is 9.58. The lowest BCUT2D eigenvalue weighted by atomic mass is 9.98. The van der Waals surface area contributed by atoms with Crippen LogP contribution in [0.2, 0.25) is 0 Å². The Bertz CT molecular complexity index is 615. The quantitative estimate of drug-likeness (QED) is 0.838. The summed E-state index contributed by atoms with van der Waals surface area (Å²) in [7, 11) is 0. The highest BCUT2D eigenvalue weighted by molar-refractivity contribution is 5.65. The van der Waals surface area contributed by atoms with E-state index in [4.69, 9.17) is 4.74 Å². The first-order valence-electron chi connectivity index (χ1n) is 7.02. The highest BCUT2D eigenvalue weighted by atomic mass is 16.5. The Morgan fingerprint density at radius 2 is 1.80 bits per heavy atom. The Hall–Kier alpha value is -2.22. The van der Waals surface area contributed by atoms with Crippen molar-refractivity contribution < 1.29 is 9.84 Å². The van der Waals surface area contributed by atoms with E-state index in [1.807, 2.05) is 18.2 Å². The third-order valence-corrected chi connectivity index (χ3v) is 3.65. The highest BCUT2D eigenvalue weighted by Crippen LogP contribution is 2.29. The predicted octanol–water partition coefficient (Wildman–Crippen LogP) is 4.19. The van der Waals surface area contributed by atoms with Gasteiger partial charge < -0.3 is 9.84 Å². The molecule has 0 saturated carbocycles. The van der Waals surface area contributed by atoms with E-state index in [2.05, 4.69) is 30.3 Å². The van der Waals surface area contributed by atoms with Crippen LogP contribution < -0.4 is 4.74 Å². The number of benzene rings is 2. The molecule has 0 amide bonds. The van der Waals surface area contributed by atoms with Gasteiger partial charge in [-0.25, -0.2) is 0 Å². The van der Waals surface area contributed by atoms with E-state index in [1.54, 1.807) is 6.07 Å². The molecule has 1 aliphatic rings. The number of phenolic OH excluding ortho intramolecular Hbond substituents is 1. The summed E-state index contributed by atoms with van der Waals surface area (Å²) in [6.45, 7) is 0.571. The normalized spacial score (nSPS) is 17.7. The molecular formula is C18H18O2. The largest absolute Gasteiger partial charge is 0.508 e. The Kier molecular flexibility index (Phi) is 3.73. The molecule has 0 radical (unpaired) electrons. The topological polar surface area (TPSA) is 29.5 Å². The number of allylic oxidation sites excluding steroid dienone is 1. The average molecular weight is 266 g/mol. The summed E-state index contributed by atoms with van der Waals surface area (Å²) in [4.78, 5) is 0. The first-order chi connectivity index (χ1) is 9.83. The van der Waals surface area contributed by atoms with Gasteiger partial charge in [-0.05, 0) is 60.2 Å². The molecule has 20 heavy (non-hydrogen) atoms. The Labute approximate surface area is 119 Å². The fraction of sp³-hybridized carbons (Fsp3) is 0.222. The van der Waals surface area contributed by atoms with Crippen molar-refractivity contribution in [2.75, 3.05) is 6.61 Å². The molecular weight excluding hydrogens is 248 g/mol. The van der Waals surface area contributed by atoms with Gasteiger partial charge in [0.2, 0.25) is 0 Å². The number of aromatic hydroxyl groups is 1. The van der Waals surface area contributed by atoms with Crippen LogP contribution in [-0.4, -0.2) is 11.7 Å². The molecule has 2 heteroatoms. The highest BCUT2D eigenvalue weighted by Gasteiger charge is 2.09. The van der Waals surface area contributed by atoms with Crippen molar-refractivity contribution >= 4 is 5.57 Å². The lowest BCUT2D eigenvalue weighted by molar-refractivity contribution is 0.358. The van der Waals surface area contributed by atoms with Gasteiger partial charge in [0.25, 0.3) is 0 Å². The fourth-order valence-corrected chi connectivity index (χ4v) is 2.62. The van der Waals surface area contributed by atoms with Crippen molar-refractivity contribution in [3.63, 3.8) is 0 Å². The molecule has 0 aromatic heterocycles. The molecule has 0 bridgehead atoms. The van der Waals surface area contributed by atoms with Crippen LogP contribution in [-0.2, 0) is 6.42 Å². The maximum absolute atomic E-state index is 9.58. The van der Waals surface area contributed by atoms with Gasteiger partial charge in [0.1, 0.15) is 18.1 Å². The summed E-state index contributed by atoms with van der Waals surface area (Å²) >= 11 is 0. The third-order valence-electron chi connectivity index (χ3n) is 3.65. The summed E-state index contributed by atoms with van der Waals surface area (Å²) in [5.41, 5.74) is 3.69. The van der Waals surface area contributed by atoms with E-state index in [9.17, 15) is 5.11 Å². The molecule has 0 spiro atoms. The molecule has 1 heterocycles. The smallest absolute Gasteiger partial charge is 0.123 e. The first-order valence-corrected chi connectivity index (χ1v) is 7.02. The zero-order valence-corrected chi connectivity index (χ0v) is 11.4. The lowest BCUT2D eigenvalue weighted by Gasteiger charge is -2.08. The van der Waals surface area contributed by atoms with Crippen molar-refractivity contribution in [3.05, 3.63) is 65.7 Å². The van der Waals surface area contributed by atoms with Crippen LogP contribution in [0.3, 0.4) is 0 Å². The van der Waals surface area contributed by atoms with Crippen molar-refractivity contribution in [2.45, 2.75) is 19.3 Å². The molecule has 2 nitrogen and oxygen atoms in total. The van der Waals surface area contributed by atoms with Gasteiger partial charge >= 0.3 is 0 Å². The van der Waals surface area contributed by atoms with Crippen LogP contribution in [0.4, 0.5) is 0 Å². The second-order valence-electron chi connectivity index (χ2n) is 5.05. The Morgan fingerprint density at radius 3 is 2.65 bits per heavy atom. The van der Waals surface area contributed by atoms with Crippen molar-refractivity contribution in [1.29, 1.82) is 0 Å². The van der Waals surface area contributed by atoms with E-state index in [0.717, 1.165) is 30.6 Å². The predicted molar refractivity (Wildman–Crippen MR) is 81.0 cm³/mol. The van der Waals surface area contributed by atoms with Crippen LogP contribution in [0.25, 0.3) is 5.57 Å². The molecule has 1 N–H and O–H groups in total. The molecule has 2 aromatic carbocycles. The van der Waals surface area contributed by atoms with E-state index in [0.29, 0.717) is 12.4 Å². The minimum absolute atomic E-state index is 0.308. The Morgan fingerprint density at radius 1 is 0.950 bits per heavy atom. The maximum Gasteiger partial charge on any atom is 0.123 e. The minimum Gasteiger partial charge on any atom is -0.508 e. The van der Waals surface area contributed by atoms with Gasteiger partial charge in [-0.1, -0.05) is 30.3 Å². The number of hydrogen-bond acceptors (Lipinski definition) is 2. The molecule has 1 aliphatic heterocycles. The number of hydrogen-bond donors (Lipinski definition) is 1. The van der Waals surface area contributed by atoms with E-state index >= 15 is 0 Å². The van der Waals surface area contributed by atoms with Gasteiger partial charge in [0.15, 0.2) is 0 Å². The van der Waals surface area contributed by atoms with Gasteiger partial charge in [-0.15, -0.1) is 0 Å². The molecule has 0 saturated heterocycles. The monoisotopic (exact) mass is 266 g/mol. The average Bonchev–Trinajstić information content (AvgIpc) is 2.58. The zero-order chi connectivity index (χ0) is 13.8. The van der Waals surface area contributed by atoms with Gasteiger partial charge in [0, 0.05) is 0 Å².